The van der Waals surface area contributed by atoms with E-state index in [9.17, 15) is 9.90 Å². The molecule has 0 saturated heterocycles. The van der Waals surface area contributed by atoms with E-state index in [0.29, 0.717) is 22.5 Å². The zero-order chi connectivity index (χ0) is 13.9. The average Bonchev–Trinajstić information content (AvgIpc) is 2.47. The number of H-pyrrole nitrogens is 1. The van der Waals surface area contributed by atoms with Crippen molar-refractivity contribution in [3.63, 3.8) is 0 Å². The van der Waals surface area contributed by atoms with Gasteiger partial charge in [-0.3, -0.25) is 4.79 Å². The Bertz CT molecular complexity index is 797. The van der Waals surface area contributed by atoms with E-state index in [2.05, 4.69) is 9.97 Å². The second kappa shape index (κ2) is 5.38. The van der Waals surface area contributed by atoms with Crippen molar-refractivity contribution >= 4 is 22.7 Å². The van der Waals surface area contributed by atoms with Crippen LogP contribution in [0.25, 0.3) is 10.9 Å². The van der Waals surface area contributed by atoms with Crippen LogP contribution >= 0.6 is 11.8 Å². The number of hydrogen-bond acceptors (Lipinski definition) is 4. The molecule has 0 atom stereocenters. The number of aromatic amines is 1. The van der Waals surface area contributed by atoms with E-state index in [-0.39, 0.29) is 11.3 Å². The number of nitrogens with one attached hydrogen (secondary N) is 1. The molecule has 5 heteroatoms. The molecule has 0 amide bonds. The summed E-state index contributed by atoms with van der Waals surface area (Å²) in [6, 6.07) is 14.2. The Morgan fingerprint density at radius 1 is 1.10 bits per heavy atom. The largest absolute Gasteiger partial charge is 0.508 e. The monoisotopic (exact) mass is 284 g/mol. The second-order valence-electron chi connectivity index (χ2n) is 4.31. The van der Waals surface area contributed by atoms with E-state index >= 15 is 0 Å². The van der Waals surface area contributed by atoms with Crippen molar-refractivity contribution in [1.29, 1.82) is 0 Å². The molecule has 1 aromatic heterocycles. The third kappa shape index (κ3) is 2.67. The lowest BCUT2D eigenvalue weighted by Crippen LogP contribution is -2.11. The summed E-state index contributed by atoms with van der Waals surface area (Å²) >= 11 is 1.56. The molecule has 2 aromatic carbocycles. The zero-order valence-electron chi connectivity index (χ0n) is 10.5. The van der Waals surface area contributed by atoms with Crippen molar-refractivity contribution in [3.05, 3.63) is 64.7 Å². The van der Waals surface area contributed by atoms with Crippen molar-refractivity contribution in [1.82, 2.24) is 9.97 Å². The van der Waals surface area contributed by atoms with Gasteiger partial charge in [0.2, 0.25) is 0 Å². The Morgan fingerprint density at radius 3 is 2.65 bits per heavy atom. The lowest BCUT2D eigenvalue weighted by molar-refractivity contribution is 0.475. The lowest BCUT2D eigenvalue weighted by atomic mass is 10.2. The quantitative estimate of drug-likeness (QED) is 0.726. The van der Waals surface area contributed by atoms with Gasteiger partial charge in [-0.25, -0.2) is 4.98 Å². The number of phenolic OH excluding ortho intramolecular Hbond substituents is 1. The Balaban J connectivity index is 1.84. The number of para-hydroxylation sites is 1. The first-order chi connectivity index (χ1) is 9.72. The molecule has 0 saturated carbocycles. The Labute approximate surface area is 119 Å². The maximum absolute atomic E-state index is 11.9. The summed E-state index contributed by atoms with van der Waals surface area (Å²) in [5, 5.41) is 9.83. The molecule has 2 N–H and O–H groups in total. The van der Waals surface area contributed by atoms with Gasteiger partial charge in [-0.05, 0) is 36.4 Å². The number of benzene rings is 2. The molecule has 0 aliphatic heterocycles. The molecule has 100 valence electrons. The van der Waals surface area contributed by atoms with Gasteiger partial charge in [0.1, 0.15) is 11.6 Å². The van der Waals surface area contributed by atoms with Crippen LogP contribution < -0.4 is 5.56 Å². The maximum Gasteiger partial charge on any atom is 0.258 e. The average molecular weight is 284 g/mol. The summed E-state index contributed by atoms with van der Waals surface area (Å²) < 4.78 is 0. The summed E-state index contributed by atoms with van der Waals surface area (Å²) in [5.74, 6) is 1.46. The minimum Gasteiger partial charge on any atom is -0.508 e. The number of aromatic hydroxyl groups is 1. The van der Waals surface area contributed by atoms with Gasteiger partial charge in [0.15, 0.2) is 0 Å². The van der Waals surface area contributed by atoms with Crippen LogP contribution in [0.4, 0.5) is 0 Å². The number of nitrogens with zero attached hydrogens (tertiary/aromatic N) is 1. The van der Waals surface area contributed by atoms with Crippen molar-refractivity contribution in [2.75, 3.05) is 0 Å². The van der Waals surface area contributed by atoms with E-state index in [1.807, 2.05) is 30.3 Å². The van der Waals surface area contributed by atoms with Crippen molar-refractivity contribution in [2.45, 2.75) is 10.6 Å². The Hall–Kier alpha value is -2.27. The molecule has 3 aromatic rings. The summed E-state index contributed by atoms with van der Waals surface area (Å²) in [7, 11) is 0. The first kappa shape index (κ1) is 12.7. The van der Waals surface area contributed by atoms with E-state index < -0.39 is 0 Å². The summed E-state index contributed by atoms with van der Waals surface area (Å²) in [5.41, 5.74) is 0.592. The van der Waals surface area contributed by atoms with Crippen LogP contribution in [0, 0.1) is 0 Å². The van der Waals surface area contributed by atoms with Crippen LogP contribution in [0.3, 0.4) is 0 Å². The fourth-order valence-corrected chi connectivity index (χ4v) is 2.67. The first-order valence-corrected chi connectivity index (χ1v) is 7.11. The van der Waals surface area contributed by atoms with Crippen LogP contribution in [-0.4, -0.2) is 15.1 Å². The van der Waals surface area contributed by atoms with Gasteiger partial charge >= 0.3 is 0 Å². The summed E-state index contributed by atoms with van der Waals surface area (Å²) in [6.45, 7) is 0. The number of rotatable bonds is 3. The summed E-state index contributed by atoms with van der Waals surface area (Å²) in [4.78, 5) is 20.2. The maximum atomic E-state index is 11.9. The summed E-state index contributed by atoms with van der Waals surface area (Å²) in [6.07, 6.45) is 0. The molecule has 0 spiro atoms. The number of thioether (sulfide) groups is 1. The normalized spacial score (nSPS) is 10.8. The van der Waals surface area contributed by atoms with E-state index in [4.69, 9.17) is 0 Å². The van der Waals surface area contributed by atoms with Gasteiger partial charge in [-0.2, -0.15) is 0 Å². The molecule has 4 nitrogen and oxygen atoms in total. The minimum absolute atomic E-state index is 0.114. The Kier molecular flexibility index (Phi) is 3.43. The third-order valence-electron chi connectivity index (χ3n) is 2.87. The fourth-order valence-electron chi connectivity index (χ4n) is 1.90. The molecule has 0 aliphatic carbocycles. The van der Waals surface area contributed by atoms with Crippen LogP contribution in [-0.2, 0) is 5.75 Å². The topological polar surface area (TPSA) is 66.0 Å². The number of phenols is 1. The van der Waals surface area contributed by atoms with Gasteiger partial charge in [0.05, 0.1) is 16.7 Å². The molecule has 3 rings (SSSR count). The highest BCUT2D eigenvalue weighted by Gasteiger charge is 2.04. The standard InChI is InChI=1S/C15H12N2O2S/c18-10-5-7-11(8-6-10)20-9-14-16-13-4-2-1-3-12(13)15(19)17-14/h1-8,18H,9H2,(H,16,17,19). The number of hydrogen-bond donors (Lipinski definition) is 2. The van der Waals surface area contributed by atoms with Crippen LogP contribution in [0.1, 0.15) is 5.82 Å². The molecule has 20 heavy (non-hydrogen) atoms. The van der Waals surface area contributed by atoms with Crippen molar-refractivity contribution in [2.24, 2.45) is 0 Å². The van der Waals surface area contributed by atoms with Gasteiger partial charge in [0.25, 0.3) is 5.56 Å². The highest BCUT2D eigenvalue weighted by molar-refractivity contribution is 7.98. The number of fused-ring (bicyclic) bond motifs is 1. The zero-order valence-corrected chi connectivity index (χ0v) is 11.4. The van der Waals surface area contributed by atoms with Crippen LogP contribution in [0.2, 0.25) is 0 Å². The third-order valence-corrected chi connectivity index (χ3v) is 3.90. The fraction of sp³-hybridized carbons (Fsp3) is 0.0667. The highest BCUT2D eigenvalue weighted by Crippen LogP contribution is 2.23. The molecular weight excluding hydrogens is 272 g/mol. The van der Waals surface area contributed by atoms with E-state index in [1.165, 1.54) is 0 Å². The molecule has 0 aliphatic rings. The van der Waals surface area contributed by atoms with Gasteiger partial charge < -0.3 is 10.1 Å². The molecule has 0 fully saturated rings. The predicted octanol–water partition coefficient (Wildman–Crippen LogP) is 2.92. The first-order valence-electron chi connectivity index (χ1n) is 6.12. The molecule has 1 heterocycles. The Morgan fingerprint density at radius 2 is 1.85 bits per heavy atom. The molecule has 0 unspecified atom stereocenters. The van der Waals surface area contributed by atoms with E-state index in [0.717, 1.165) is 4.90 Å². The highest BCUT2D eigenvalue weighted by atomic mass is 32.2. The van der Waals surface area contributed by atoms with Gasteiger partial charge in [0, 0.05) is 4.90 Å². The van der Waals surface area contributed by atoms with Crippen molar-refractivity contribution in [3.8, 4) is 5.75 Å². The molecular formula is C15H12N2O2S. The molecule has 0 bridgehead atoms. The predicted molar refractivity (Wildman–Crippen MR) is 80.0 cm³/mol. The smallest absolute Gasteiger partial charge is 0.258 e. The van der Waals surface area contributed by atoms with Crippen molar-refractivity contribution < 1.29 is 5.11 Å². The van der Waals surface area contributed by atoms with Gasteiger partial charge in [-0.15, -0.1) is 11.8 Å². The van der Waals surface area contributed by atoms with Crippen LogP contribution in [0.15, 0.2) is 58.2 Å². The van der Waals surface area contributed by atoms with Crippen LogP contribution in [0.5, 0.6) is 5.75 Å². The molecule has 0 radical (unpaired) electrons. The SMILES string of the molecule is O=c1[nH]c(CSc2ccc(O)cc2)nc2ccccc12. The van der Waals surface area contributed by atoms with E-state index in [1.54, 1.807) is 30.0 Å². The lowest BCUT2D eigenvalue weighted by Gasteiger charge is -2.03. The van der Waals surface area contributed by atoms with Gasteiger partial charge in [-0.1, -0.05) is 12.1 Å². The number of aromatic nitrogens is 2. The second-order valence-corrected chi connectivity index (χ2v) is 5.36. The minimum atomic E-state index is -0.114.